The van der Waals surface area contributed by atoms with Crippen LogP contribution >= 0.6 is 0 Å². The zero-order chi connectivity index (χ0) is 8.06. The van der Waals surface area contributed by atoms with Crippen molar-refractivity contribution in [1.82, 2.24) is 4.90 Å². The molecule has 2 saturated heterocycles. The molecule has 0 aliphatic carbocycles. The number of piperidine rings is 1. The van der Waals surface area contributed by atoms with E-state index >= 15 is 0 Å². The second kappa shape index (κ2) is 2.22. The second-order valence-corrected chi connectivity index (χ2v) is 4.64. The van der Waals surface area contributed by atoms with Gasteiger partial charge in [0.2, 0.25) is 0 Å². The van der Waals surface area contributed by atoms with Crippen molar-refractivity contribution in [2.75, 3.05) is 7.05 Å². The van der Waals surface area contributed by atoms with Crippen LogP contribution in [-0.4, -0.2) is 23.5 Å². The maximum Gasteiger partial charge on any atom is 0.0207 e. The van der Waals surface area contributed by atoms with Crippen molar-refractivity contribution >= 4 is 0 Å². The van der Waals surface area contributed by atoms with Crippen LogP contribution in [0.15, 0.2) is 0 Å². The lowest BCUT2D eigenvalue weighted by Crippen LogP contribution is -2.50. The normalized spacial score (nSPS) is 51.5. The summed E-state index contributed by atoms with van der Waals surface area (Å²) >= 11 is 0. The first-order chi connectivity index (χ1) is 5.14. The van der Waals surface area contributed by atoms with Gasteiger partial charge in [-0.3, -0.25) is 4.90 Å². The molecule has 3 atom stereocenters. The van der Waals surface area contributed by atoms with E-state index in [2.05, 4.69) is 25.8 Å². The van der Waals surface area contributed by atoms with Crippen molar-refractivity contribution in [2.45, 2.75) is 51.1 Å². The summed E-state index contributed by atoms with van der Waals surface area (Å²) in [5, 5.41) is 0. The Kier molecular flexibility index (Phi) is 1.54. The fraction of sp³-hybridized carbons (Fsp3) is 1.00. The minimum atomic E-state index is 0.545. The lowest BCUT2D eigenvalue weighted by Gasteiger charge is -2.44. The van der Waals surface area contributed by atoms with Crippen molar-refractivity contribution in [3.05, 3.63) is 0 Å². The summed E-state index contributed by atoms with van der Waals surface area (Å²) in [6, 6.07) is 0.913. The van der Waals surface area contributed by atoms with Crippen LogP contribution in [0, 0.1) is 5.92 Å². The highest BCUT2D eigenvalue weighted by Crippen LogP contribution is 2.45. The zero-order valence-corrected chi connectivity index (χ0v) is 7.93. The maximum absolute atomic E-state index is 2.63. The molecule has 2 aliphatic rings. The fourth-order valence-corrected chi connectivity index (χ4v) is 2.93. The van der Waals surface area contributed by atoms with Gasteiger partial charge in [-0.2, -0.15) is 0 Å². The number of rotatable bonds is 0. The van der Waals surface area contributed by atoms with Gasteiger partial charge in [0.1, 0.15) is 0 Å². The summed E-state index contributed by atoms with van der Waals surface area (Å²) in [6.07, 6.45) is 5.76. The van der Waals surface area contributed by atoms with E-state index in [1.165, 1.54) is 25.7 Å². The Bertz CT molecular complexity index is 164. The van der Waals surface area contributed by atoms with Crippen LogP contribution in [-0.2, 0) is 0 Å². The number of fused-ring (bicyclic) bond motifs is 2. The van der Waals surface area contributed by atoms with E-state index in [0.717, 1.165) is 12.0 Å². The van der Waals surface area contributed by atoms with Gasteiger partial charge in [-0.15, -0.1) is 0 Å². The Morgan fingerprint density at radius 1 is 1.27 bits per heavy atom. The Hall–Kier alpha value is -0.0400. The molecule has 0 N–H and O–H groups in total. The first kappa shape index (κ1) is 7.60. The van der Waals surface area contributed by atoms with E-state index in [1.807, 2.05) is 0 Å². The van der Waals surface area contributed by atoms with E-state index in [-0.39, 0.29) is 0 Å². The fourth-order valence-electron chi connectivity index (χ4n) is 2.93. The molecule has 64 valence electrons. The number of hydrogen-bond donors (Lipinski definition) is 0. The van der Waals surface area contributed by atoms with Gasteiger partial charge in [-0.25, -0.2) is 0 Å². The van der Waals surface area contributed by atoms with E-state index in [1.54, 1.807) is 0 Å². The molecule has 0 aromatic heterocycles. The van der Waals surface area contributed by atoms with E-state index < -0.39 is 0 Å². The Labute approximate surface area is 69.8 Å². The monoisotopic (exact) mass is 153 g/mol. The van der Waals surface area contributed by atoms with Crippen molar-refractivity contribution in [3.8, 4) is 0 Å². The standard InChI is InChI=1S/C10H19N/c1-8-4-5-9-6-7-10(8,2)11(9)3/h8-9H,4-7H2,1-3H3/t8?,9-,10-/m1/s1. The van der Waals surface area contributed by atoms with Crippen molar-refractivity contribution < 1.29 is 0 Å². The third kappa shape index (κ3) is 0.868. The maximum atomic E-state index is 2.63. The van der Waals surface area contributed by atoms with Gasteiger partial charge in [0.05, 0.1) is 0 Å². The molecule has 2 rings (SSSR count). The molecule has 2 heterocycles. The smallest absolute Gasteiger partial charge is 0.0207 e. The lowest BCUT2D eigenvalue weighted by atomic mass is 9.81. The van der Waals surface area contributed by atoms with Crippen molar-refractivity contribution in [1.29, 1.82) is 0 Å². The SMILES string of the molecule is CC1CC[C@@H]2CC[C@@]1(C)N2C. The number of hydrogen-bond acceptors (Lipinski definition) is 1. The molecule has 11 heavy (non-hydrogen) atoms. The average molecular weight is 153 g/mol. The minimum absolute atomic E-state index is 0.545. The third-order valence-corrected chi connectivity index (χ3v) is 4.33. The highest BCUT2D eigenvalue weighted by Gasteiger charge is 2.47. The molecule has 0 aromatic carbocycles. The van der Waals surface area contributed by atoms with Crippen LogP contribution in [0.3, 0.4) is 0 Å². The van der Waals surface area contributed by atoms with E-state index in [4.69, 9.17) is 0 Å². The molecule has 0 amide bonds. The van der Waals surface area contributed by atoms with Crippen LogP contribution in [0.5, 0.6) is 0 Å². The molecular weight excluding hydrogens is 134 g/mol. The van der Waals surface area contributed by atoms with E-state index in [9.17, 15) is 0 Å². The van der Waals surface area contributed by atoms with Gasteiger partial charge in [-0.05, 0) is 45.6 Å². The van der Waals surface area contributed by atoms with Crippen molar-refractivity contribution in [2.24, 2.45) is 5.92 Å². The molecule has 0 radical (unpaired) electrons. The second-order valence-electron chi connectivity index (χ2n) is 4.64. The summed E-state index contributed by atoms with van der Waals surface area (Å²) < 4.78 is 0. The Morgan fingerprint density at radius 2 is 2.00 bits per heavy atom. The molecule has 1 nitrogen and oxygen atoms in total. The largest absolute Gasteiger partial charge is 0.298 e. The molecular formula is C10H19N. The van der Waals surface area contributed by atoms with Gasteiger partial charge in [0.15, 0.2) is 0 Å². The van der Waals surface area contributed by atoms with Crippen LogP contribution in [0.4, 0.5) is 0 Å². The lowest BCUT2D eigenvalue weighted by molar-refractivity contribution is 0.0482. The predicted octanol–water partition coefficient (Wildman–Crippen LogP) is 2.27. The summed E-state index contributed by atoms with van der Waals surface area (Å²) in [7, 11) is 2.31. The van der Waals surface area contributed by atoms with Crippen molar-refractivity contribution in [3.63, 3.8) is 0 Å². The Morgan fingerprint density at radius 3 is 2.64 bits per heavy atom. The minimum Gasteiger partial charge on any atom is -0.298 e. The molecule has 0 spiro atoms. The van der Waals surface area contributed by atoms with Gasteiger partial charge in [0, 0.05) is 11.6 Å². The highest BCUT2D eigenvalue weighted by atomic mass is 15.2. The average Bonchev–Trinajstić information content (AvgIpc) is 2.16. The quantitative estimate of drug-likeness (QED) is 0.516. The molecule has 0 aromatic rings. The first-order valence-corrected chi connectivity index (χ1v) is 4.87. The molecule has 2 bridgehead atoms. The summed E-state index contributed by atoms with van der Waals surface area (Å²) in [6.45, 7) is 4.86. The first-order valence-electron chi connectivity index (χ1n) is 4.87. The molecule has 1 unspecified atom stereocenters. The Balaban J connectivity index is 2.26. The van der Waals surface area contributed by atoms with Gasteiger partial charge in [-0.1, -0.05) is 6.92 Å². The summed E-state index contributed by atoms with van der Waals surface area (Å²) in [5.41, 5.74) is 0.545. The van der Waals surface area contributed by atoms with Gasteiger partial charge < -0.3 is 0 Å². The highest BCUT2D eigenvalue weighted by molar-refractivity contribution is 5.02. The zero-order valence-electron chi connectivity index (χ0n) is 7.93. The third-order valence-electron chi connectivity index (χ3n) is 4.33. The molecule has 1 heteroatoms. The topological polar surface area (TPSA) is 3.24 Å². The molecule has 2 aliphatic heterocycles. The number of nitrogens with zero attached hydrogens (tertiary/aromatic N) is 1. The van der Waals surface area contributed by atoms with Crippen LogP contribution < -0.4 is 0 Å². The summed E-state index contributed by atoms with van der Waals surface area (Å²) in [4.78, 5) is 2.63. The van der Waals surface area contributed by atoms with Gasteiger partial charge >= 0.3 is 0 Å². The predicted molar refractivity (Wildman–Crippen MR) is 47.6 cm³/mol. The van der Waals surface area contributed by atoms with E-state index in [0.29, 0.717) is 5.54 Å². The van der Waals surface area contributed by atoms with Crippen LogP contribution in [0.1, 0.15) is 39.5 Å². The van der Waals surface area contributed by atoms with Gasteiger partial charge in [0.25, 0.3) is 0 Å². The van der Waals surface area contributed by atoms with Crippen LogP contribution in [0.25, 0.3) is 0 Å². The summed E-state index contributed by atoms with van der Waals surface area (Å²) in [5.74, 6) is 0.909. The molecule has 0 saturated carbocycles. The van der Waals surface area contributed by atoms with Crippen LogP contribution in [0.2, 0.25) is 0 Å². The molecule has 2 fully saturated rings.